The number of hydrogen-bond acceptors (Lipinski definition) is 3. The molecular formula is C5H13N3. The van der Waals surface area contributed by atoms with E-state index in [0.29, 0.717) is 0 Å². The van der Waals surface area contributed by atoms with Gasteiger partial charge in [0.1, 0.15) is 0 Å². The van der Waals surface area contributed by atoms with Crippen molar-refractivity contribution < 1.29 is 0 Å². The van der Waals surface area contributed by atoms with E-state index >= 15 is 0 Å². The van der Waals surface area contributed by atoms with Gasteiger partial charge in [0, 0.05) is 0 Å². The fraction of sp³-hybridized carbons (Fsp3) is 0.800. The van der Waals surface area contributed by atoms with Crippen LogP contribution in [0.1, 0.15) is 6.92 Å². The maximum atomic E-state index is 8.21. The van der Waals surface area contributed by atoms with Crippen molar-refractivity contribution in [2.45, 2.75) is 13.0 Å². The number of nitriles is 1. The first-order valence-electron chi connectivity index (χ1n) is 2.24. The molecule has 0 aromatic carbocycles. The first-order valence-corrected chi connectivity index (χ1v) is 2.24. The molecule has 0 aliphatic heterocycles. The minimum Gasteiger partial charge on any atom is -0.344 e. The predicted octanol–water partition coefficient (Wildman–Crippen LogP) is 0.622. The summed E-state index contributed by atoms with van der Waals surface area (Å²) < 4.78 is 0. The number of nitrogens with zero attached hydrogens (tertiary/aromatic N) is 2. The predicted molar refractivity (Wildman–Crippen MR) is 33.8 cm³/mol. The van der Waals surface area contributed by atoms with Crippen molar-refractivity contribution in [3.63, 3.8) is 0 Å². The van der Waals surface area contributed by atoms with Crippen LogP contribution in [0.4, 0.5) is 0 Å². The van der Waals surface area contributed by atoms with Gasteiger partial charge in [-0.15, -0.1) is 0 Å². The number of hydrogen-bond donors (Lipinski definition) is 1. The molecular weight excluding hydrogens is 102 g/mol. The molecule has 8 heavy (non-hydrogen) atoms. The highest BCUT2D eigenvalue weighted by atomic mass is 15.1. The molecule has 3 heteroatoms. The van der Waals surface area contributed by atoms with Gasteiger partial charge in [-0.05, 0) is 21.0 Å². The van der Waals surface area contributed by atoms with Crippen molar-refractivity contribution in [1.29, 1.82) is 5.26 Å². The molecule has 0 bridgehead atoms. The van der Waals surface area contributed by atoms with Gasteiger partial charge in [0.2, 0.25) is 0 Å². The molecule has 0 aliphatic carbocycles. The van der Waals surface area contributed by atoms with E-state index in [-0.39, 0.29) is 12.2 Å². The summed E-state index contributed by atoms with van der Waals surface area (Å²) in [6.07, 6.45) is 0. The maximum Gasteiger partial charge on any atom is 0.0944 e. The highest BCUT2D eigenvalue weighted by molar-refractivity contribution is 4.84. The maximum absolute atomic E-state index is 8.21. The molecule has 0 spiro atoms. The Bertz CT molecular complexity index is 82.2. The second kappa shape index (κ2) is 4.57. The van der Waals surface area contributed by atoms with Crippen molar-refractivity contribution in [3.8, 4) is 6.07 Å². The second-order valence-electron chi connectivity index (χ2n) is 1.77. The normalized spacial score (nSPS) is 11.9. The molecule has 0 fully saturated rings. The molecule has 0 rings (SSSR count). The summed E-state index contributed by atoms with van der Waals surface area (Å²) in [5.74, 6) is 0. The molecule has 1 atom stereocenters. The Morgan fingerprint density at radius 1 is 1.50 bits per heavy atom. The van der Waals surface area contributed by atoms with Gasteiger partial charge in [-0.2, -0.15) is 5.26 Å². The van der Waals surface area contributed by atoms with Crippen molar-refractivity contribution in [1.82, 2.24) is 11.1 Å². The van der Waals surface area contributed by atoms with Crippen LogP contribution in [-0.4, -0.2) is 25.0 Å². The van der Waals surface area contributed by atoms with E-state index < -0.39 is 0 Å². The summed E-state index contributed by atoms with van der Waals surface area (Å²) in [5, 5.41) is 8.21. The van der Waals surface area contributed by atoms with E-state index in [2.05, 4.69) is 6.07 Å². The summed E-state index contributed by atoms with van der Waals surface area (Å²) in [6.45, 7) is 1.86. The zero-order valence-corrected chi connectivity index (χ0v) is 5.68. The molecule has 0 amide bonds. The van der Waals surface area contributed by atoms with E-state index in [1.54, 1.807) is 0 Å². The van der Waals surface area contributed by atoms with Gasteiger partial charge in [0.05, 0.1) is 12.1 Å². The third-order valence-corrected chi connectivity index (χ3v) is 0.961. The Morgan fingerprint density at radius 2 is 1.88 bits per heavy atom. The fourth-order valence-corrected chi connectivity index (χ4v) is 0.115. The molecule has 1 unspecified atom stereocenters. The summed E-state index contributed by atoms with van der Waals surface area (Å²) in [5.41, 5.74) is 0. The average molecular weight is 115 g/mol. The first-order chi connectivity index (χ1) is 3.18. The molecule has 0 saturated carbocycles. The molecule has 48 valence electrons. The van der Waals surface area contributed by atoms with Gasteiger partial charge < -0.3 is 6.15 Å². The van der Waals surface area contributed by atoms with Crippen LogP contribution < -0.4 is 6.15 Å². The second-order valence-corrected chi connectivity index (χ2v) is 1.77. The van der Waals surface area contributed by atoms with Gasteiger partial charge in [-0.25, -0.2) is 0 Å². The molecule has 0 heterocycles. The van der Waals surface area contributed by atoms with Crippen LogP contribution in [-0.2, 0) is 0 Å². The molecule has 3 nitrogen and oxygen atoms in total. The van der Waals surface area contributed by atoms with E-state index in [0.717, 1.165) is 0 Å². The molecule has 0 aromatic heterocycles. The zero-order valence-electron chi connectivity index (χ0n) is 5.68. The molecule has 3 N–H and O–H groups in total. The van der Waals surface area contributed by atoms with Crippen LogP contribution in [0.2, 0.25) is 0 Å². The SMILES string of the molecule is CC(C#N)N(C)C.N. The summed E-state index contributed by atoms with van der Waals surface area (Å²) in [7, 11) is 3.77. The molecule has 0 saturated heterocycles. The van der Waals surface area contributed by atoms with Crippen molar-refractivity contribution in [3.05, 3.63) is 0 Å². The Hall–Kier alpha value is -0.590. The van der Waals surface area contributed by atoms with E-state index in [9.17, 15) is 0 Å². The summed E-state index contributed by atoms with van der Waals surface area (Å²) >= 11 is 0. The third kappa shape index (κ3) is 3.59. The van der Waals surface area contributed by atoms with Crippen LogP contribution in [0.3, 0.4) is 0 Å². The first kappa shape index (κ1) is 10.4. The Morgan fingerprint density at radius 3 is 1.88 bits per heavy atom. The van der Waals surface area contributed by atoms with Crippen LogP contribution in [0.25, 0.3) is 0 Å². The van der Waals surface area contributed by atoms with Crippen molar-refractivity contribution in [2.75, 3.05) is 14.1 Å². The monoisotopic (exact) mass is 115 g/mol. The lowest BCUT2D eigenvalue weighted by molar-refractivity contribution is 0.371. The summed E-state index contributed by atoms with van der Waals surface area (Å²) in [4.78, 5) is 1.86. The van der Waals surface area contributed by atoms with Crippen LogP contribution in [0, 0.1) is 11.3 Å². The fourth-order valence-electron chi connectivity index (χ4n) is 0.115. The van der Waals surface area contributed by atoms with Crippen LogP contribution in [0.15, 0.2) is 0 Å². The molecule has 0 radical (unpaired) electrons. The zero-order chi connectivity index (χ0) is 5.86. The minimum absolute atomic E-state index is 0. The van der Waals surface area contributed by atoms with Gasteiger partial charge in [0.15, 0.2) is 0 Å². The van der Waals surface area contributed by atoms with E-state index in [4.69, 9.17) is 5.26 Å². The standard InChI is InChI=1S/C5H10N2.H3N/c1-5(4-6)7(2)3;/h5H,1-3H3;1H3. The Balaban J connectivity index is 0. The topological polar surface area (TPSA) is 62.0 Å². The quantitative estimate of drug-likeness (QED) is 0.545. The Kier molecular flexibility index (Phi) is 5.94. The minimum atomic E-state index is 0. The number of rotatable bonds is 1. The van der Waals surface area contributed by atoms with Crippen molar-refractivity contribution in [2.24, 2.45) is 0 Å². The van der Waals surface area contributed by atoms with Crippen LogP contribution >= 0.6 is 0 Å². The van der Waals surface area contributed by atoms with E-state index in [1.807, 2.05) is 25.9 Å². The van der Waals surface area contributed by atoms with E-state index in [1.165, 1.54) is 0 Å². The highest BCUT2D eigenvalue weighted by Gasteiger charge is 1.97. The highest BCUT2D eigenvalue weighted by Crippen LogP contribution is 1.84. The van der Waals surface area contributed by atoms with Crippen molar-refractivity contribution >= 4 is 0 Å². The lowest BCUT2D eigenvalue weighted by Gasteiger charge is -2.09. The van der Waals surface area contributed by atoms with Gasteiger partial charge in [-0.3, -0.25) is 4.90 Å². The third-order valence-electron chi connectivity index (χ3n) is 0.961. The van der Waals surface area contributed by atoms with Gasteiger partial charge in [0.25, 0.3) is 0 Å². The molecule has 0 aromatic rings. The average Bonchev–Trinajstić information content (AvgIpc) is 1.65. The Labute approximate surface area is 50.5 Å². The largest absolute Gasteiger partial charge is 0.344 e. The molecule has 0 aliphatic rings. The van der Waals surface area contributed by atoms with Gasteiger partial charge >= 0.3 is 0 Å². The lowest BCUT2D eigenvalue weighted by atomic mass is 10.4. The van der Waals surface area contributed by atoms with Gasteiger partial charge in [-0.1, -0.05) is 0 Å². The lowest BCUT2D eigenvalue weighted by Crippen LogP contribution is -2.22. The smallest absolute Gasteiger partial charge is 0.0944 e. The summed E-state index contributed by atoms with van der Waals surface area (Å²) in [6, 6.07) is 2.13. The van der Waals surface area contributed by atoms with Crippen LogP contribution in [0.5, 0.6) is 0 Å².